The van der Waals surface area contributed by atoms with E-state index in [0.29, 0.717) is 24.5 Å². The number of nitrogens with one attached hydrogen (secondary N) is 2. The third kappa shape index (κ3) is 11.8. The first-order chi connectivity index (χ1) is 18.7. The summed E-state index contributed by atoms with van der Waals surface area (Å²) < 4.78 is 5.81. The second kappa shape index (κ2) is 18.0. The van der Waals surface area contributed by atoms with Gasteiger partial charge in [-0.2, -0.15) is 5.48 Å². The van der Waals surface area contributed by atoms with Gasteiger partial charge in [-0.3, -0.25) is 4.79 Å². The molecule has 0 heterocycles. The summed E-state index contributed by atoms with van der Waals surface area (Å²) in [7, 11) is 0. The topological polar surface area (TPSA) is 59.6 Å². The summed E-state index contributed by atoms with van der Waals surface area (Å²) in [5.41, 5.74) is 5.84. The van der Waals surface area contributed by atoms with Crippen molar-refractivity contribution in [2.45, 2.75) is 84.3 Å². The van der Waals surface area contributed by atoms with E-state index in [4.69, 9.17) is 9.57 Å². The van der Waals surface area contributed by atoms with Gasteiger partial charge in [-0.05, 0) is 53.9 Å². The highest BCUT2D eigenvalue weighted by atomic mass is 16.6. The SMILES string of the molecule is CCCCCCCCCCCCNC(=O)c1ccc(CNOc2ccc(OCc3ccccc3)cc2)cc1. The van der Waals surface area contributed by atoms with Crippen LogP contribution in [0.25, 0.3) is 0 Å². The van der Waals surface area contributed by atoms with Crippen LogP contribution < -0.4 is 20.4 Å². The number of hydrogen-bond donors (Lipinski definition) is 2. The van der Waals surface area contributed by atoms with Gasteiger partial charge in [0, 0.05) is 12.1 Å². The Bertz CT molecular complexity index is 1020. The monoisotopic (exact) mass is 516 g/mol. The smallest absolute Gasteiger partial charge is 0.251 e. The third-order valence-corrected chi connectivity index (χ3v) is 6.57. The molecule has 0 aliphatic rings. The first-order valence-corrected chi connectivity index (χ1v) is 14.3. The molecule has 0 spiro atoms. The molecule has 0 aliphatic carbocycles. The summed E-state index contributed by atoms with van der Waals surface area (Å²) in [6.45, 7) is 4.07. The fourth-order valence-electron chi connectivity index (χ4n) is 4.24. The van der Waals surface area contributed by atoms with Crippen LogP contribution in [0.1, 0.15) is 92.6 Å². The Morgan fingerprint density at radius 1 is 0.658 bits per heavy atom. The van der Waals surface area contributed by atoms with Crippen LogP contribution in [0, 0.1) is 0 Å². The zero-order valence-electron chi connectivity index (χ0n) is 22.9. The van der Waals surface area contributed by atoms with Crippen molar-refractivity contribution >= 4 is 5.91 Å². The standard InChI is InChI=1S/C33H44N2O3/c1-2-3-4-5-6-7-8-9-10-14-25-34-33(36)30-19-17-28(18-20-30)26-35-38-32-23-21-31(22-24-32)37-27-29-15-12-11-13-16-29/h11-13,15-24,35H,2-10,14,25-27H2,1H3,(H,34,36). The summed E-state index contributed by atoms with van der Waals surface area (Å²) in [6.07, 6.45) is 13.0. The van der Waals surface area contributed by atoms with Gasteiger partial charge in [-0.25, -0.2) is 0 Å². The largest absolute Gasteiger partial charge is 0.489 e. The summed E-state index contributed by atoms with van der Waals surface area (Å²) >= 11 is 0. The molecule has 0 saturated heterocycles. The predicted molar refractivity (Wildman–Crippen MR) is 155 cm³/mol. The van der Waals surface area contributed by atoms with Crippen molar-refractivity contribution in [3.05, 3.63) is 95.6 Å². The van der Waals surface area contributed by atoms with Crippen LogP contribution >= 0.6 is 0 Å². The number of benzene rings is 3. The minimum Gasteiger partial charge on any atom is -0.489 e. The maximum absolute atomic E-state index is 12.4. The molecule has 2 N–H and O–H groups in total. The number of amides is 1. The molecule has 3 aromatic carbocycles. The Morgan fingerprint density at radius 2 is 1.26 bits per heavy atom. The Hall–Kier alpha value is -3.31. The van der Waals surface area contributed by atoms with Crippen LogP contribution in [-0.4, -0.2) is 12.5 Å². The van der Waals surface area contributed by atoms with Crippen molar-refractivity contribution in [1.29, 1.82) is 0 Å². The molecule has 38 heavy (non-hydrogen) atoms. The lowest BCUT2D eigenvalue weighted by Crippen LogP contribution is -2.24. The van der Waals surface area contributed by atoms with Crippen molar-refractivity contribution in [3.8, 4) is 11.5 Å². The average Bonchev–Trinajstić information content (AvgIpc) is 2.96. The maximum Gasteiger partial charge on any atom is 0.251 e. The number of carbonyl (C=O) groups excluding carboxylic acids is 1. The van der Waals surface area contributed by atoms with Gasteiger partial charge in [-0.15, -0.1) is 0 Å². The van der Waals surface area contributed by atoms with E-state index in [-0.39, 0.29) is 5.91 Å². The zero-order valence-corrected chi connectivity index (χ0v) is 22.9. The molecule has 0 fully saturated rings. The molecular weight excluding hydrogens is 472 g/mol. The fraction of sp³-hybridized carbons (Fsp3) is 0.424. The third-order valence-electron chi connectivity index (χ3n) is 6.57. The van der Waals surface area contributed by atoms with Gasteiger partial charge in [0.05, 0.1) is 6.54 Å². The number of hydroxylamine groups is 1. The quantitative estimate of drug-likeness (QED) is 0.125. The van der Waals surface area contributed by atoms with Crippen molar-refractivity contribution in [2.24, 2.45) is 0 Å². The van der Waals surface area contributed by atoms with E-state index in [9.17, 15) is 4.79 Å². The Morgan fingerprint density at radius 3 is 1.92 bits per heavy atom. The minimum absolute atomic E-state index is 0.00810. The van der Waals surface area contributed by atoms with Crippen LogP contribution in [0.5, 0.6) is 11.5 Å². The molecule has 0 aliphatic heterocycles. The summed E-state index contributed by atoms with van der Waals surface area (Å²) in [5.74, 6) is 1.49. The number of rotatable bonds is 19. The van der Waals surface area contributed by atoms with E-state index in [2.05, 4.69) is 17.7 Å². The first-order valence-electron chi connectivity index (χ1n) is 14.3. The highest BCUT2D eigenvalue weighted by molar-refractivity contribution is 5.94. The van der Waals surface area contributed by atoms with Crippen LogP contribution in [-0.2, 0) is 13.2 Å². The van der Waals surface area contributed by atoms with Gasteiger partial charge in [0.15, 0.2) is 0 Å². The second-order valence-corrected chi connectivity index (χ2v) is 9.80. The van der Waals surface area contributed by atoms with Crippen molar-refractivity contribution in [3.63, 3.8) is 0 Å². The van der Waals surface area contributed by atoms with Gasteiger partial charge < -0.3 is 14.9 Å². The molecule has 5 nitrogen and oxygen atoms in total. The van der Waals surface area contributed by atoms with Crippen molar-refractivity contribution < 1.29 is 14.4 Å². The van der Waals surface area contributed by atoms with E-state index in [1.807, 2.05) is 78.9 Å². The minimum atomic E-state index is -0.00810. The highest BCUT2D eigenvalue weighted by Gasteiger charge is 2.05. The molecule has 0 bridgehead atoms. The fourth-order valence-corrected chi connectivity index (χ4v) is 4.24. The molecule has 3 rings (SSSR count). The van der Waals surface area contributed by atoms with Gasteiger partial charge in [-0.1, -0.05) is 107 Å². The van der Waals surface area contributed by atoms with Crippen molar-refractivity contribution in [2.75, 3.05) is 6.54 Å². The predicted octanol–water partition coefficient (Wildman–Crippen LogP) is 8.00. The van der Waals surface area contributed by atoms with Crippen LogP contribution in [0.3, 0.4) is 0 Å². The van der Waals surface area contributed by atoms with Crippen LogP contribution in [0.2, 0.25) is 0 Å². The van der Waals surface area contributed by atoms with Gasteiger partial charge >= 0.3 is 0 Å². The lowest BCUT2D eigenvalue weighted by atomic mass is 10.1. The molecule has 0 radical (unpaired) electrons. The van der Waals surface area contributed by atoms with E-state index in [1.54, 1.807) is 0 Å². The number of unbranched alkanes of at least 4 members (excludes halogenated alkanes) is 9. The first kappa shape index (κ1) is 29.2. The number of ether oxygens (including phenoxy) is 1. The van der Waals surface area contributed by atoms with E-state index < -0.39 is 0 Å². The molecule has 5 heteroatoms. The molecule has 3 aromatic rings. The zero-order chi connectivity index (χ0) is 26.7. The summed E-state index contributed by atoms with van der Waals surface area (Å²) in [4.78, 5) is 18.1. The van der Waals surface area contributed by atoms with Gasteiger partial charge in [0.1, 0.15) is 18.1 Å². The summed E-state index contributed by atoms with van der Waals surface area (Å²) in [6, 6.07) is 25.2. The summed E-state index contributed by atoms with van der Waals surface area (Å²) in [5, 5.41) is 3.04. The van der Waals surface area contributed by atoms with E-state index >= 15 is 0 Å². The van der Waals surface area contributed by atoms with E-state index in [1.165, 1.54) is 57.8 Å². The maximum atomic E-state index is 12.4. The molecule has 204 valence electrons. The molecule has 0 unspecified atom stereocenters. The Kier molecular flexibility index (Phi) is 13.9. The molecular formula is C33H44N2O3. The molecule has 0 aromatic heterocycles. The molecule has 0 saturated carbocycles. The van der Waals surface area contributed by atoms with Crippen LogP contribution in [0.4, 0.5) is 0 Å². The average molecular weight is 517 g/mol. The lowest BCUT2D eigenvalue weighted by molar-refractivity contribution is 0.0953. The van der Waals surface area contributed by atoms with Crippen molar-refractivity contribution in [1.82, 2.24) is 10.8 Å². The molecule has 0 atom stereocenters. The normalized spacial score (nSPS) is 10.8. The lowest BCUT2D eigenvalue weighted by Gasteiger charge is -2.10. The Balaban J connectivity index is 1.24. The molecule has 1 amide bonds. The number of carbonyl (C=O) groups is 1. The second-order valence-electron chi connectivity index (χ2n) is 9.80. The number of hydrogen-bond acceptors (Lipinski definition) is 4. The van der Waals surface area contributed by atoms with Gasteiger partial charge in [0.25, 0.3) is 5.91 Å². The Labute approximate surface area is 228 Å². The van der Waals surface area contributed by atoms with Gasteiger partial charge in [0.2, 0.25) is 0 Å². The highest BCUT2D eigenvalue weighted by Crippen LogP contribution is 2.18. The van der Waals surface area contributed by atoms with Crippen LogP contribution in [0.15, 0.2) is 78.9 Å². The van der Waals surface area contributed by atoms with E-state index in [0.717, 1.165) is 29.8 Å².